The number of carbonyl (C=O) groups is 1. The van der Waals surface area contributed by atoms with Gasteiger partial charge in [0.2, 0.25) is 0 Å². The van der Waals surface area contributed by atoms with Crippen molar-refractivity contribution >= 4 is 57.6 Å². The number of aldehydes is 1. The van der Waals surface area contributed by atoms with Crippen LogP contribution in [0.1, 0.15) is 12.0 Å². The lowest BCUT2D eigenvalue weighted by atomic mass is 10.00. The van der Waals surface area contributed by atoms with E-state index >= 15 is 0 Å². The lowest BCUT2D eigenvalue weighted by Gasteiger charge is -2.18. The number of aromatic hydroxyl groups is 1. The molecule has 2 aromatic heterocycles. The molecule has 1 fully saturated rings. The Bertz CT molecular complexity index is 1410. The molecule has 1 atom stereocenters. The van der Waals surface area contributed by atoms with Crippen LogP contribution < -0.4 is 15.5 Å². The number of aromatic nitrogens is 2. The summed E-state index contributed by atoms with van der Waals surface area (Å²) in [5.41, 5.74) is 4.75. The SMILES string of the molecule is CNC1CCN(c2ccc(Nc3c(CC=O)cnc4ccc(-c5cc(Cl)c(O)c(Cl)c5)cc34)cn2)C1. The molecule has 0 bridgehead atoms. The van der Waals surface area contributed by atoms with E-state index in [4.69, 9.17) is 23.2 Å². The highest BCUT2D eigenvalue weighted by Crippen LogP contribution is 2.38. The van der Waals surface area contributed by atoms with Crippen LogP contribution >= 0.6 is 23.2 Å². The fraction of sp³-hybridized carbons (Fsp3) is 0.222. The molecule has 1 saturated heterocycles. The van der Waals surface area contributed by atoms with Crippen LogP contribution in [-0.2, 0) is 11.2 Å². The molecule has 5 rings (SSSR count). The fourth-order valence-corrected chi connectivity index (χ4v) is 5.02. The largest absolute Gasteiger partial charge is 0.505 e. The molecule has 3 heterocycles. The Labute approximate surface area is 219 Å². The van der Waals surface area contributed by atoms with E-state index in [-0.39, 0.29) is 22.2 Å². The molecule has 0 spiro atoms. The first kappa shape index (κ1) is 24.3. The first-order valence-electron chi connectivity index (χ1n) is 11.7. The number of hydrogen-bond acceptors (Lipinski definition) is 7. The number of nitrogens with one attached hydrogen (secondary N) is 2. The maximum Gasteiger partial charge on any atom is 0.152 e. The van der Waals surface area contributed by atoms with Gasteiger partial charge in [-0.1, -0.05) is 29.3 Å². The number of anilines is 3. The first-order chi connectivity index (χ1) is 17.5. The average molecular weight is 522 g/mol. The molecular weight excluding hydrogens is 497 g/mol. The van der Waals surface area contributed by atoms with Crippen molar-refractivity contribution in [3.63, 3.8) is 0 Å². The average Bonchev–Trinajstić information content (AvgIpc) is 3.38. The van der Waals surface area contributed by atoms with E-state index in [0.717, 1.165) is 70.6 Å². The molecule has 1 aliphatic heterocycles. The van der Waals surface area contributed by atoms with Gasteiger partial charge in [0.05, 0.1) is 33.1 Å². The van der Waals surface area contributed by atoms with Crippen LogP contribution in [-0.4, -0.2) is 47.5 Å². The van der Waals surface area contributed by atoms with Crippen LogP contribution in [0.25, 0.3) is 22.0 Å². The van der Waals surface area contributed by atoms with Crippen molar-refractivity contribution in [3.8, 4) is 16.9 Å². The number of phenols is 1. The second kappa shape index (κ2) is 10.3. The Morgan fingerprint density at radius 2 is 1.89 bits per heavy atom. The molecule has 0 radical (unpaired) electrons. The van der Waals surface area contributed by atoms with Crippen molar-refractivity contribution in [3.05, 3.63) is 70.5 Å². The number of nitrogens with zero attached hydrogens (tertiary/aromatic N) is 3. The van der Waals surface area contributed by atoms with Gasteiger partial charge in [-0.25, -0.2) is 4.98 Å². The summed E-state index contributed by atoms with van der Waals surface area (Å²) >= 11 is 12.3. The molecule has 0 amide bonds. The molecule has 7 nitrogen and oxygen atoms in total. The van der Waals surface area contributed by atoms with Gasteiger partial charge in [0, 0.05) is 42.7 Å². The molecule has 0 aliphatic carbocycles. The molecule has 36 heavy (non-hydrogen) atoms. The van der Waals surface area contributed by atoms with Crippen LogP contribution in [0.4, 0.5) is 17.2 Å². The van der Waals surface area contributed by atoms with E-state index < -0.39 is 0 Å². The third-order valence-electron chi connectivity index (χ3n) is 6.54. The van der Waals surface area contributed by atoms with Crippen LogP contribution in [0.15, 0.2) is 54.9 Å². The summed E-state index contributed by atoms with van der Waals surface area (Å²) in [5.74, 6) is 0.792. The second-order valence-electron chi connectivity index (χ2n) is 8.80. The van der Waals surface area contributed by atoms with Crippen molar-refractivity contribution < 1.29 is 9.90 Å². The number of benzene rings is 2. The Hall–Kier alpha value is -3.39. The predicted octanol–water partition coefficient (Wildman–Crippen LogP) is 5.59. The molecule has 3 N–H and O–H groups in total. The minimum absolute atomic E-state index is 0.147. The zero-order chi connectivity index (χ0) is 25.2. The summed E-state index contributed by atoms with van der Waals surface area (Å²) in [4.78, 5) is 22.9. The second-order valence-corrected chi connectivity index (χ2v) is 9.61. The first-order valence-corrected chi connectivity index (χ1v) is 12.4. The van der Waals surface area contributed by atoms with Crippen LogP contribution in [0, 0.1) is 0 Å². The smallest absolute Gasteiger partial charge is 0.152 e. The van der Waals surface area contributed by atoms with Gasteiger partial charge in [0.15, 0.2) is 5.75 Å². The summed E-state index contributed by atoms with van der Waals surface area (Å²) in [7, 11) is 1.99. The number of hydrogen-bond donors (Lipinski definition) is 3. The third-order valence-corrected chi connectivity index (χ3v) is 7.11. The third kappa shape index (κ3) is 4.82. The quantitative estimate of drug-likeness (QED) is 0.273. The van der Waals surface area contributed by atoms with Gasteiger partial charge >= 0.3 is 0 Å². The number of fused-ring (bicyclic) bond motifs is 1. The topological polar surface area (TPSA) is 90.4 Å². The summed E-state index contributed by atoms with van der Waals surface area (Å²) in [6, 6.07) is 13.6. The highest BCUT2D eigenvalue weighted by Gasteiger charge is 2.22. The summed E-state index contributed by atoms with van der Waals surface area (Å²) in [5, 5.41) is 17.9. The number of carbonyl (C=O) groups excluding carboxylic acids is 1. The summed E-state index contributed by atoms with van der Waals surface area (Å²) in [6.07, 6.45) is 5.71. The van der Waals surface area contributed by atoms with Crippen molar-refractivity contribution in [1.29, 1.82) is 0 Å². The van der Waals surface area contributed by atoms with Crippen LogP contribution in [0.2, 0.25) is 10.0 Å². The fourth-order valence-electron chi connectivity index (χ4n) is 4.53. The summed E-state index contributed by atoms with van der Waals surface area (Å²) in [6.45, 7) is 1.90. The van der Waals surface area contributed by atoms with Crippen molar-refractivity contribution in [2.75, 3.05) is 30.4 Å². The number of pyridine rings is 2. The molecule has 1 aliphatic rings. The zero-order valence-electron chi connectivity index (χ0n) is 19.6. The number of likely N-dealkylation sites (N-methyl/N-ethyl adjacent to an activating group) is 1. The highest BCUT2D eigenvalue weighted by atomic mass is 35.5. The summed E-state index contributed by atoms with van der Waals surface area (Å²) < 4.78 is 0. The van der Waals surface area contributed by atoms with Gasteiger partial charge in [-0.05, 0) is 61.0 Å². The molecular formula is C27H25Cl2N5O2. The molecule has 2 aromatic carbocycles. The van der Waals surface area contributed by atoms with Gasteiger partial charge in [-0.3, -0.25) is 4.98 Å². The number of phenolic OH excluding ortho intramolecular Hbond substituents is 1. The normalized spacial score (nSPS) is 15.4. The molecule has 0 saturated carbocycles. The highest BCUT2D eigenvalue weighted by molar-refractivity contribution is 6.37. The minimum Gasteiger partial charge on any atom is -0.505 e. The van der Waals surface area contributed by atoms with Crippen molar-refractivity contribution in [1.82, 2.24) is 15.3 Å². The van der Waals surface area contributed by atoms with Gasteiger partial charge < -0.3 is 25.4 Å². The van der Waals surface area contributed by atoms with Crippen molar-refractivity contribution in [2.45, 2.75) is 18.9 Å². The van der Waals surface area contributed by atoms with Gasteiger partial charge in [-0.2, -0.15) is 0 Å². The number of halogens is 2. The predicted molar refractivity (Wildman–Crippen MR) is 146 cm³/mol. The maximum atomic E-state index is 11.4. The number of rotatable bonds is 7. The zero-order valence-corrected chi connectivity index (χ0v) is 21.1. The van der Waals surface area contributed by atoms with Gasteiger partial charge in [0.1, 0.15) is 12.1 Å². The van der Waals surface area contributed by atoms with Gasteiger partial charge in [0.25, 0.3) is 0 Å². The maximum absolute atomic E-state index is 11.4. The Morgan fingerprint density at radius 3 is 2.56 bits per heavy atom. The molecule has 9 heteroatoms. The minimum atomic E-state index is -0.147. The van der Waals surface area contributed by atoms with Gasteiger partial charge in [-0.15, -0.1) is 0 Å². The van der Waals surface area contributed by atoms with E-state index in [1.807, 2.05) is 43.6 Å². The Balaban J connectivity index is 1.52. The van der Waals surface area contributed by atoms with Crippen LogP contribution in [0.3, 0.4) is 0 Å². The monoisotopic (exact) mass is 521 g/mol. The van der Waals surface area contributed by atoms with E-state index in [0.29, 0.717) is 6.04 Å². The van der Waals surface area contributed by atoms with E-state index in [9.17, 15) is 9.90 Å². The van der Waals surface area contributed by atoms with E-state index in [2.05, 4.69) is 25.5 Å². The van der Waals surface area contributed by atoms with E-state index in [1.165, 1.54) is 0 Å². The van der Waals surface area contributed by atoms with Crippen LogP contribution in [0.5, 0.6) is 5.75 Å². The van der Waals surface area contributed by atoms with E-state index in [1.54, 1.807) is 18.3 Å². The molecule has 4 aromatic rings. The lowest BCUT2D eigenvalue weighted by Crippen LogP contribution is -2.29. The Morgan fingerprint density at radius 1 is 1.08 bits per heavy atom. The molecule has 1 unspecified atom stereocenters. The standard InChI is InChI=1S/C27H25Cl2N5O2/c1-30-20-6-8-34(15-20)25-5-3-19(14-32-25)33-26-17(7-9-35)13-31-24-4-2-16(10-21(24)26)18-11-22(28)27(36)23(29)12-18/h2-5,9-14,20,30,36H,6-8,15H2,1H3,(H,31,33). The molecule has 184 valence electrons. The lowest BCUT2D eigenvalue weighted by molar-refractivity contribution is -0.107. The van der Waals surface area contributed by atoms with Crippen molar-refractivity contribution in [2.24, 2.45) is 0 Å². The Kier molecular flexibility index (Phi) is 6.96.